The predicted octanol–water partition coefficient (Wildman–Crippen LogP) is 5.44. The molecule has 38 heavy (non-hydrogen) atoms. The molecule has 1 atom stereocenters. The molecule has 1 unspecified atom stereocenters. The van der Waals surface area contributed by atoms with Crippen molar-refractivity contribution in [1.29, 1.82) is 0 Å². The first-order valence-electron chi connectivity index (χ1n) is 12.2. The van der Waals surface area contributed by atoms with E-state index in [-0.39, 0.29) is 23.0 Å². The number of aryl methyl sites for hydroxylation is 1. The highest BCUT2D eigenvalue weighted by atomic mass is 35.5. The van der Waals surface area contributed by atoms with Crippen LogP contribution in [0.25, 0.3) is 0 Å². The lowest BCUT2D eigenvalue weighted by Crippen LogP contribution is -2.51. The molecule has 1 N–H and O–H groups in total. The van der Waals surface area contributed by atoms with Gasteiger partial charge in [-0.1, -0.05) is 66.5 Å². The summed E-state index contributed by atoms with van der Waals surface area (Å²) >= 11 is 12.3. The molecule has 7 nitrogen and oxygen atoms in total. The standard InChI is InChI=1S/C28H31Cl2N3O4S/c1-4-16-31-28(35)21(3)32(18-22-11-14-23(29)15-12-22)27(34)19-33(26-17-24(30)13-10-20(26)2)38(36,37)25-8-6-5-7-9-25/h5-15,17,21H,4,16,18-19H2,1-3H3,(H,31,35). The van der Waals surface area contributed by atoms with E-state index in [9.17, 15) is 18.0 Å². The van der Waals surface area contributed by atoms with Crippen LogP contribution in [0.4, 0.5) is 5.69 Å². The van der Waals surface area contributed by atoms with Crippen LogP contribution in [0.15, 0.2) is 77.7 Å². The fourth-order valence-corrected chi connectivity index (χ4v) is 5.63. The first-order chi connectivity index (χ1) is 18.0. The van der Waals surface area contributed by atoms with E-state index >= 15 is 0 Å². The maximum atomic E-state index is 13.9. The zero-order chi connectivity index (χ0) is 27.9. The van der Waals surface area contributed by atoms with E-state index in [4.69, 9.17) is 23.2 Å². The number of anilines is 1. The first-order valence-corrected chi connectivity index (χ1v) is 14.4. The highest BCUT2D eigenvalue weighted by Crippen LogP contribution is 2.30. The molecule has 202 valence electrons. The van der Waals surface area contributed by atoms with Gasteiger partial charge in [-0.25, -0.2) is 8.42 Å². The SMILES string of the molecule is CCCNC(=O)C(C)N(Cc1ccc(Cl)cc1)C(=O)CN(c1cc(Cl)ccc1C)S(=O)(=O)c1ccccc1. The second-order valence-corrected chi connectivity index (χ2v) is 11.6. The van der Waals surface area contributed by atoms with Crippen LogP contribution in [0.3, 0.4) is 0 Å². The number of carbonyl (C=O) groups excluding carboxylic acids is 2. The Morgan fingerprint density at radius 3 is 2.21 bits per heavy atom. The molecule has 10 heteroatoms. The average molecular weight is 577 g/mol. The van der Waals surface area contributed by atoms with Crippen LogP contribution in [-0.4, -0.2) is 44.3 Å². The third-order valence-corrected chi connectivity index (χ3v) is 8.29. The Labute approximate surface area is 234 Å². The zero-order valence-corrected chi connectivity index (χ0v) is 23.9. The minimum absolute atomic E-state index is 0.0326. The van der Waals surface area contributed by atoms with E-state index in [2.05, 4.69) is 5.32 Å². The lowest BCUT2D eigenvalue weighted by molar-refractivity contribution is -0.139. The van der Waals surface area contributed by atoms with E-state index in [0.717, 1.165) is 16.3 Å². The first kappa shape index (κ1) is 29.5. The van der Waals surface area contributed by atoms with Gasteiger partial charge in [0.05, 0.1) is 10.6 Å². The Morgan fingerprint density at radius 2 is 1.58 bits per heavy atom. The quantitative estimate of drug-likeness (QED) is 0.330. The summed E-state index contributed by atoms with van der Waals surface area (Å²) in [4.78, 5) is 28.2. The molecule has 0 aliphatic heterocycles. The third kappa shape index (κ3) is 7.28. The minimum Gasteiger partial charge on any atom is -0.354 e. The molecule has 0 radical (unpaired) electrons. The van der Waals surface area contributed by atoms with Gasteiger partial charge in [-0.3, -0.25) is 13.9 Å². The van der Waals surface area contributed by atoms with E-state index in [1.807, 2.05) is 6.92 Å². The van der Waals surface area contributed by atoms with Crippen LogP contribution >= 0.6 is 23.2 Å². The van der Waals surface area contributed by atoms with Crippen molar-refractivity contribution in [3.05, 3.63) is 94.0 Å². The van der Waals surface area contributed by atoms with Crippen LogP contribution in [-0.2, 0) is 26.2 Å². The van der Waals surface area contributed by atoms with Gasteiger partial charge in [0.1, 0.15) is 12.6 Å². The van der Waals surface area contributed by atoms with E-state index in [1.54, 1.807) is 68.4 Å². The monoisotopic (exact) mass is 575 g/mol. The minimum atomic E-state index is -4.15. The van der Waals surface area contributed by atoms with Gasteiger partial charge in [0.2, 0.25) is 11.8 Å². The van der Waals surface area contributed by atoms with Crippen molar-refractivity contribution in [2.24, 2.45) is 0 Å². The van der Waals surface area contributed by atoms with Crippen LogP contribution in [0.1, 0.15) is 31.4 Å². The Balaban J connectivity index is 2.04. The van der Waals surface area contributed by atoms with Crippen LogP contribution < -0.4 is 9.62 Å². The molecule has 0 saturated heterocycles. The molecule has 3 aromatic rings. The summed E-state index contributed by atoms with van der Waals surface area (Å²) in [5.74, 6) is -0.872. The second kappa shape index (κ2) is 13.1. The summed E-state index contributed by atoms with van der Waals surface area (Å²) in [6, 6.07) is 18.8. The van der Waals surface area contributed by atoms with Crippen molar-refractivity contribution in [2.45, 2.75) is 44.7 Å². The lowest BCUT2D eigenvalue weighted by atomic mass is 10.1. The van der Waals surface area contributed by atoms with Crippen molar-refractivity contribution in [1.82, 2.24) is 10.2 Å². The van der Waals surface area contributed by atoms with Crippen LogP contribution in [0.2, 0.25) is 10.0 Å². The number of rotatable bonds is 11. The van der Waals surface area contributed by atoms with Crippen molar-refractivity contribution in [3.63, 3.8) is 0 Å². The molecule has 3 rings (SSSR count). The van der Waals surface area contributed by atoms with Gasteiger partial charge in [-0.2, -0.15) is 0 Å². The molecule has 0 aliphatic rings. The Morgan fingerprint density at radius 1 is 0.947 bits per heavy atom. The summed E-state index contributed by atoms with van der Waals surface area (Å²) in [6.07, 6.45) is 0.737. The Kier molecular flexibility index (Phi) is 10.2. The normalized spacial score (nSPS) is 12.0. The van der Waals surface area contributed by atoms with Gasteiger partial charge in [0.15, 0.2) is 0 Å². The highest BCUT2D eigenvalue weighted by Gasteiger charge is 2.33. The molecule has 2 amide bonds. The van der Waals surface area contributed by atoms with Gasteiger partial charge in [0, 0.05) is 23.1 Å². The van der Waals surface area contributed by atoms with Gasteiger partial charge in [-0.05, 0) is 67.8 Å². The number of carbonyl (C=O) groups is 2. The van der Waals surface area contributed by atoms with Gasteiger partial charge < -0.3 is 10.2 Å². The molecule has 0 saturated carbocycles. The van der Waals surface area contributed by atoms with Crippen LogP contribution in [0.5, 0.6) is 0 Å². The summed E-state index contributed by atoms with van der Waals surface area (Å²) in [7, 11) is -4.15. The highest BCUT2D eigenvalue weighted by molar-refractivity contribution is 7.92. The molecule has 0 heterocycles. The van der Waals surface area contributed by atoms with E-state index in [0.29, 0.717) is 22.2 Å². The number of benzene rings is 3. The number of hydrogen-bond donors (Lipinski definition) is 1. The van der Waals surface area contributed by atoms with Crippen LogP contribution in [0, 0.1) is 6.92 Å². The van der Waals surface area contributed by atoms with Gasteiger partial charge in [0.25, 0.3) is 10.0 Å². The third-order valence-electron chi connectivity index (χ3n) is 6.03. The molecular formula is C28H31Cl2N3O4S. The molecule has 0 aromatic heterocycles. The van der Waals surface area contributed by atoms with Gasteiger partial charge in [-0.15, -0.1) is 0 Å². The second-order valence-electron chi connectivity index (χ2n) is 8.87. The molecular weight excluding hydrogens is 545 g/mol. The maximum Gasteiger partial charge on any atom is 0.264 e. The molecule has 0 fully saturated rings. The fraction of sp³-hybridized carbons (Fsp3) is 0.286. The summed E-state index contributed by atoms with van der Waals surface area (Å²) in [5.41, 5.74) is 1.65. The maximum absolute atomic E-state index is 13.9. The Hall–Kier alpha value is -3.07. The molecule has 0 aliphatic carbocycles. The zero-order valence-electron chi connectivity index (χ0n) is 21.5. The number of nitrogens with zero attached hydrogens (tertiary/aromatic N) is 2. The van der Waals surface area contributed by atoms with E-state index < -0.39 is 28.5 Å². The average Bonchev–Trinajstić information content (AvgIpc) is 2.91. The fourth-order valence-electron chi connectivity index (χ4n) is 3.85. The molecule has 0 spiro atoms. The number of nitrogens with one attached hydrogen (secondary N) is 1. The number of hydrogen-bond acceptors (Lipinski definition) is 4. The van der Waals surface area contributed by atoms with Crippen molar-refractivity contribution < 1.29 is 18.0 Å². The smallest absolute Gasteiger partial charge is 0.264 e. The largest absolute Gasteiger partial charge is 0.354 e. The number of sulfonamides is 1. The Bertz CT molecular complexity index is 1370. The summed E-state index contributed by atoms with van der Waals surface area (Å²) in [5, 5.41) is 3.69. The lowest BCUT2D eigenvalue weighted by Gasteiger charge is -2.32. The van der Waals surface area contributed by atoms with Gasteiger partial charge >= 0.3 is 0 Å². The predicted molar refractivity (Wildman–Crippen MR) is 152 cm³/mol. The summed E-state index contributed by atoms with van der Waals surface area (Å²) < 4.78 is 28.7. The van der Waals surface area contributed by atoms with E-state index in [1.165, 1.54) is 23.1 Å². The summed E-state index contributed by atoms with van der Waals surface area (Å²) in [6.45, 7) is 5.32. The van der Waals surface area contributed by atoms with Crippen molar-refractivity contribution >= 4 is 50.7 Å². The van der Waals surface area contributed by atoms with Crippen molar-refractivity contribution in [2.75, 3.05) is 17.4 Å². The number of amides is 2. The van der Waals surface area contributed by atoms with Crippen molar-refractivity contribution in [3.8, 4) is 0 Å². The molecule has 3 aromatic carbocycles. The molecule has 0 bridgehead atoms. The topological polar surface area (TPSA) is 86.8 Å². The number of halogens is 2.